The van der Waals surface area contributed by atoms with Crippen LogP contribution >= 0.6 is 0 Å². The Morgan fingerprint density at radius 1 is 1.03 bits per heavy atom. The third-order valence-corrected chi connectivity index (χ3v) is 8.01. The molecule has 0 bridgehead atoms. The van der Waals surface area contributed by atoms with Gasteiger partial charge in [0.05, 0.1) is 17.1 Å². The molecule has 1 aliphatic carbocycles. The van der Waals surface area contributed by atoms with Gasteiger partial charge in [0.2, 0.25) is 15.9 Å². The van der Waals surface area contributed by atoms with E-state index in [1.807, 2.05) is 6.92 Å². The molecule has 2 atom stereocenters. The fourth-order valence-electron chi connectivity index (χ4n) is 4.30. The largest absolute Gasteiger partial charge is 0.494 e. The minimum Gasteiger partial charge on any atom is -0.494 e. The normalized spacial score (nSPS) is 21.6. The van der Waals surface area contributed by atoms with Gasteiger partial charge in [-0.15, -0.1) is 0 Å². The van der Waals surface area contributed by atoms with E-state index < -0.39 is 33.6 Å². The van der Waals surface area contributed by atoms with Gasteiger partial charge in [-0.3, -0.25) is 4.79 Å². The summed E-state index contributed by atoms with van der Waals surface area (Å²) in [6, 6.07) is 11.5. The van der Waals surface area contributed by atoms with Crippen LogP contribution in [0.1, 0.15) is 30.4 Å². The fourth-order valence-corrected chi connectivity index (χ4v) is 5.72. The molecular weight excluding hydrogens is 457 g/mol. The number of nitrogens with zero attached hydrogens (tertiary/aromatic N) is 2. The van der Waals surface area contributed by atoms with Crippen LogP contribution in [0.2, 0.25) is 0 Å². The average Bonchev–Trinajstić information content (AvgIpc) is 3.60. The molecule has 0 spiro atoms. The fraction of sp³-hybridized carbons (Fsp3) is 0.435. The highest BCUT2D eigenvalue weighted by molar-refractivity contribution is 7.89. The predicted octanol–water partition coefficient (Wildman–Crippen LogP) is 3.74. The lowest BCUT2D eigenvalue weighted by molar-refractivity contribution is -0.139. The minimum atomic E-state index is -4.46. The lowest BCUT2D eigenvalue weighted by atomic mass is 10.0. The van der Waals surface area contributed by atoms with Gasteiger partial charge in [0.1, 0.15) is 5.75 Å². The zero-order valence-corrected chi connectivity index (χ0v) is 18.9. The first kappa shape index (κ1) is 23.6. The number of rotatable bonds is 6. The average molecular weight is 483 g/mol. The summed E-state index contributed by atoms with van der Waals surface area (Å²) in [5, 5.41) is 0. The summed E-state index contributed by atoms with van der Waals surface area (Å²) in [5.41, 5.74) is -0.545. The Morgan fingerprint density at radius 2 is 1.67 bits per heavy atom. The zero-order valence-electron chi connectivity index (χ0n) is 18.1. The van der Waals surface area contributed by atoms with Crippen molar-refractivity contribution in [1.82, 2.24) is 9.21 Å². The summed E-state index contributed by atoms with van der Waals surface area (Å²) in [6.45, 7) is 3.00. The maximum atomic E-state index is 13.3. The number of halogens is 3. The van der Waals surface area contributed by atoms with Crippen LogP contribution in [0.15, 0.2) is 53.4 Å². The molecule has 33 heavy (non-hydrogen) atoms. The van der Waals surface area contributed by atoms with E-state index in [9.17, 15) is 26.4 Å². The third kappa shape index (κ3) is 4.86. The Bertz CT molecular complexity index is 1110. The van der Waals surface area contributed by atoms with Gasteiger partial charge in [-0.2, -0.15) is 17.5 Å². The Morgan fingerprint density at radius 3 is 2.27 bits per heavy atom. The van der Waals surface area contributed by atoms with Crippen molar-refractivity contribution in [3.8, 4) is 5.75 Å². The maximum absolute atomic E-state index is 13.3. The molecule has 1 heterocycles. The second-order valence-electron chi connectivity index (χ2n) is 8.17. The van der Waals surface area contributed by atoms with Gasteiger partial charge in [-0.05, 0) is 55.2 Å². The summed E-state index contributed by atoms with van der Waals surface area (Å²) >= 11 is 0. The molecule has 2 unspecified atom stereocenters. The van der Waals surface area contributed by atoms with Crippen molar-refractivity contribution in [2.24, 2.45) is 5.92 Å². The van der Waals surface area contributed by atoms with Crippen molar-refractivity contribution < 1.29 is 31.1 Å². The number of alkyl halides is 3. The molecule has 0 aromatic heterocycles. The molecule has 2 fully saturated rings. The van der Waals surface area contributed by atoms with Gasteiger partial charge < -0.3 is 9.64 Å². The van der Waals surface area contributed by atoms with Gasteiger partial charge in [-0.1, -0.05) is 18.2 Å². The molecule has 2 aromatic rings. The number of sulfonamides is 1. The number of ether oxygens (including phenoxy) is 1. The second kappa shape index (κ2) is 8.98. The number of piperazine rings is 1. The van der Waals surface area contributed by atoms with E-state index in [2.05, 4.69) is 0 Å². The van der Waals surface area contributed by atoms with Gasteiger partial charge in [0, 0.05) is 32.1 Å². The van der Waals surface area contributed by atoms with Crippen LogP contribution in [0.25, 0.3) is 0 Å². The standard InChI is InChI=1S/C23H25F3N2O4S/c1-2-32-16-7-9-17(10-8-16)33(30,31)28-13-11-27(12-14-28)22(29)20-15-19(20)18-5-3-4-6-21(18)23(24,25)26/h3-10,19-20H,2,11-15H2,1H3. The Balaban J connectivity index is 1.37. The third-order valence-electron chi connectivity index (χ3n) is 6.10. The van der Waals surface area contributed by atoms with Gasteiger partial charge in [0.25, 0.3) is 0 Å². The van der Waals surface area contributed by atoms with Crippen LogP contribution < -0.4 is 4.74 Å². The van der Waals surface area contributed by atoms with Crippen molar-refractivity contribution in [2.45, 2.75) is 30.3 Å². The number of hydrogen-bond donors (Lipinski definition) is 0. The smallest absolute Gasteiger partial charge is 0.416 e. The lowest BCUT2D eigenvalue weighted by Crippen LogP contribution is -2.51. The van der Waals surface area contributed by atoms with Crippen LogP contribution in [0, 0.1) is 5.92 Å². The predicted molar refractivity (Wildman–Crippen MR) is 115 cm³/mol. The molecule has 2 aliphatic rings. The van der Waals surface area contributed by atoms with Gasteiger partial charge in [-0.25, -0.2) is 8.42 Å². The van der Waals surface area contributed by atoms with Crippen LogP contribution in [0.5, 0.6) is 5.75 Å². The second-order valence-corrected chi connectivity index (χ2v) is 10.1. The summed E-state index contributed by atoms with van der Waals surface area (Å²) in [5.74, 6) is -0.586. The van der Waals surface area contributed by atoms with Crippen LogP contribution in [-0.4, -0.2) is 56.3 Å². The number of carbonyl (C=O) groups excluding carboxylic acids is 1. The number of amides is 1. The molecule has 2 aromatic carbocycles. The molecule has 1 aliphatic heterocycles. The molecule has 4 rings (SSSR count). The van der Waals surface area contributed by atoms with E-state index in [4.69, 9.17) is 4.74 Å². The molecule has 1 saturated heterocycles. The van der Waals surface area contributed by atoms with E-state index in [1.54, 1.807) is 23.1 Å². The number of carbonyl (C=O) groups is 1. The van der Waals surface area contributed by atoms with E-state index in [1.165, 1.54) is 28.6 Å². The summed E-state index contributed by atoms with van der Waals surface area (Å²) in [6.07, 6.45) is -4.09. The first-order valence-corrected chi connectivity index (χ1v) is 12.2. The highest BCUT2D eigenvalue weighted by Gasteiger charge is 2.49. The van der Waals surface area contributed by atoms with Crippen LogP contribution in [0.4, 0.5) is 13.2 Å². The SMILES string of the molecule is CCOc1ccc(S(=O)(=O)N2CCN(C(=O)C3CC3c3ccccc3C(F)(F)F)CC2)cc1. The topological polar surface area (TPSA) is 66.9 Å². The van der Waals surface area contributed by atoms with Gasteiger partial charge >= 0.3 is 6.18 Å². The monoisotopic (exact) mass is 482 g/mol. The van der Waals surface area contributed by atoms with Crippen molar-refractivity contribution in [3.63, 3.8) is 0 Å². The first-order valence-electron chi connectivity index (χ1n) is 10.8. The summed E-state index contributed by atoms with van der Waals surface area (Å²) in [4.78, 5) is 14.6. The molecule has 0 N–H and O–H groups in total. The molecular formula is C23H25F3N2O4S. The Hall–Kier alpha value is -2.59. The van der Waals surface area contributed by atoms with Crippen molar-refractivity contribution in [1.29, 1.82) is 0 Å². The van der Waals surface area contributed by atoms with Crippen LogP contribution in [-0.2, 0) is 21.0 Å². The molecule has 1 saturated carbocycles. The van der Waals surface area contributed by atoms with E-state index in [-0.39, 0.29) is 42.5 Å². The Kier molecular flexibility index (Phi) is 6.41. The summed E-state index contributed by atoms with van der Waals surface area (Å²) < 4.78 is 72.4. The van der Waals surface area contributed by atoms with Crippen molar-refractivity contribution in [2.75, 3.05) is 32.8 Å². The molecule has 1 amide bonds. The minimum absolute atomic E-state index is 0.137. The van der Waals surface area contributed by atoms with E-state index in [0.29, 0.717) is 18.8 Å². The number of benzene rings is 2. The zero-order chi connectivity index (χ0) is 23.8. The molecule has 6 nitrogen and oxygen atoms in total. The van der Waals surface area contributed by atoms with Crippen molar-refractivity contribution in [3.05, 3.63) is 59.7 Å². The maximum Gasteiger partial charge on any atom is 0.416 e. The molecule has 10 heteroatoms. The molecule has 178 valence electrons. The highest BCUT2D eigenvalue weighted by Crippen LogP contribution is 2.51. The van der Waals surface area contributed by atoms with Crippen molar-refractivity contribution >= 4 is 15.9 Å². The van der Waals surface area contributed by atoms with E-state index in [0.717, 1.165) is 6.07 Å². The Labute approximate surface area is 191 Å². The quantitative estimate of drug-likeness (QED) is 0.629. The van der Waals surface area contributed by atoms with E-state index >= 15 is 0 Å². The number of hydrogen-bond acceptors (Lipinski definition) is 4. The first-order chi connectivity index (χ1) is 15.6. The summed E-state index contributed by atoms with van der Waals surface area (Å²) in [7, 11) is -3.71. The van der Waals surface area contributed by atoms with Crippen LogP contribution in [0.3, 0.4) is 0 Å². The van der Waals surface area contributed by atoms with Gasteiger partial charge in [0.15, 0.2) is 0 Å². The highest BCUT2D eigenvalue weighted by atomic mass is 32.2. The molecule has 0 radical (unpaired) electrons. The lowest BCUT2D eigenvalue weighted by Gasteiger charge is -2.34.